The highest BCUT2D eigenvalue weighted by atomic mass is 35.5. The molecule has 1 heterocycles. The van der Waals surface area contributed by atoms with E-state index in [1.54, 1.807) is 23.2 Å². The van der Waals surface area contributed by atoms with Crippen molar-refractivity contribution < 1.29 is 4.39 Å². The van der Waals surface area contributed by atoms with E-state index in [9.17, 15) is 4.39 Å². The molecule has 0 bridgehead atoms. The van der Waals surface area contributed by atoms with Gasteiger partial charge in [-0.1, -0.05) is 65.7 Å². The summed E-state index contributed by atoms with van der Waals surface area (Å²) in [5.41, 5.74) is 3.19. The molecule has 3 aromatic rings. The van der Waals surface area contributed by atoms with Crippen LogP contribution in [0, 0.1) is 5.82 Å². The Hall–Kier alpha value is -2.36. The molecule has 130 valence electrons. The molecule has 2 nitrogen and oxygen atoms in total. The summed E-state index contributed by atoms with van der Waals surface area (Å²) in [6.45, 7) is 0. The number of hydrogen-bond donors (Lipinski definition) is 0. The molecule has 0 saturated heterocycles. The Balaban J connectivity index is 1.80. The Morgan fingerprint density at radius 1 is 0.885 bits per heavy atom. The maximum Gasteiger partial charge on any atom is 0.148 e. The molecule has 5 heteroatoms. The molecule has 4 rings (SSSR count). The highest BCUT2D eigenvalue weighted by molar-refractivity contribution is 6.31. The molecule has 3 aromatic carbocycles. The van der Waals surface area contributed by atoms with Crippen LogP contribution in [0.4, 0.5) is 10.1 Å². The van der Waals surface area contributed by atoms with Crippen LogP contribution in [0.15, 0.2) is 77.9 Å². The first kappa shape index (κ1) is 17.1. The van der Waals surface area contributed by atoms with E-state index in [4.69, 9.17) is 28.3 Å². The molecular weight excluding hydrogens is 370 g/mol. The van der Waals surface area contributed by atoms with E-state index in [2.05, 4.69) is 0 Å². The Kier molecular flexibility index (Phi) is 4.66. The monoisotopic (exact) mass is 384 g/mol. The summed E-state index contributed by atoms with van der Waals surface area (Å²) < 4.78 is 14.5. The zero-order valence-corrected chi connectivity index (χ0v) is 15.3. The third kappa shape index (κ3) is 3.20. The SMILES string of the molecule is Fc1ccccc1N1N=C(c2ccc(Cl)cc2)C[C@H]1c1ccccc1Cl. The highest BCUT2D eigenvalue weighted by Gasteiger charge is 2.32. The Morgan fingerprint density at radius 2 is 1.58 bits per heavy atom. The fourth-order valence-corrected chi connectivity index (χ4v) is 3.56. The van der Waals surface area contributed by atoms with Crippen LogP contribution in [0.2, 0.25) is 10.0 Å². The van der Waals surface area contributed by atoms with Crippen LogP contribution in [0.3, 0.4) is 0 Å². The Morgan fingerprint density at radius 3 is 2.31 bits per heavy atom. The van der Waals surface area contributed by atoms with Crippen molar-refractivity contribution in [3.05, 3.63) is 99.8 Å². The van der Waals surface area contributed by atoms with Crippen molar-refractivity contribution in [1.29, 1.82) is 0 Å². The van der Waals surface area contributed by atoms with Gasteiger partial charge in [0.15, 0.2) is 0 Å². The third-order valence-electron chi connectivity index (χ3n) is 4.45. The van der Waals surface area contributed by atoms with Crippen molar-refractivity contribution in [2.24, 2.45) is 5.10 Å². The minimum absolute atomic E-state index is 0.175. The molecule has 1 atom stereocenters. The number of anilines is 1. The minimum Gasteiger partial charge on any atom is -0.254 e. The quantitative estimate of drug-likeness (QED) is 0.503. The van der Waals surface area contributed by atoms with Crippen LogP contribution < -0.4 is 5.01 Å². The number of nitrogens with zero attached hydrogens (tertiary/aromatic N) is 2. The maximum atomic E-state index is 14.5. The maximum absolute atomic E-state index is 14.5. The van der Waals surface area contributed by atoms with E-state index < -0.39 is 0 Å². The number of benzene rings is 3. The summed E-state index contributed by atoms with van der Waals surface area (Å²) in [5.74, 6) is -0.314. The molecule has 0 saturated carbocycles. The van der Waals surface area contributed by atoms with E-state index in [0.29, 0.717) is 22.2 Å². The number of hydrogen-bond acceptors (Lipinski definition) is 2. The van der Waals surface area contributed by atoms with E-state index in [1.807, 2.05) is 48.5 Å². The molecule has 0 spiro atoms. The van der Waals surface area contributed by atoms with Gasteiger partial charge in [0.1, 0.15) is 5.82 Å². The van der Waals surface area contributed by atoms with E-state index in [-0.39, 0.29) is 11.9 Å². The molecular formula is C21H15Cl2FN2. The van der Waals surface area contributed by atoms with Gasteiger partial charge in [-0.05, 0) is 41.5 Å². The van der Waals surface area contributed by atoms with Crippen LogP contribution in [0.1, 0.15) is 23.6 Å². The molecule has 0 aliphatic carbocycles. The zero-order valence-electron chi connectivity index (χ0n) is 13.7. The first-order valence-corrected chi connectivity index (χ1v) is 9.00. The fraction of sp³-hybridized carbons (Fsp3) is 0.0952. The van der Waals surface area contributed by atoms with Crippen LogP contribution >= 0.6 is 23.2 Å². The second-order valence-corrected chi connectivity index (χ2v) is 6.93. The average molecular weight is 385 g/mol. The predicted molar refractivity (Wildman–Crippen MR) is 106 cm³/mol. The van der Waals surface area contributed by atoms with Gasteiger partial charge >= 0.3 is 0 Å². The summed E-state index contributed by atoms with van der Waals surface area (Å²) in [6.07, 6.45) is 0.625. The molecule has 26 heavy (non-hydrogen) atoms. The van der Waals surface area contributed by atoms with Gasteiger partial charge in [-0.2, -0.15) is 5.10 Å². The van der Waals surface area contributed by atoms with Crippen molar-refractivity contribution >= 4 is 34.6 Å². The molecule has 0 N–H and O–H groups in total. The molecule has 0 aromatic heterocycles. The number of hydrazone groups is 1. The van der Waals surface area contributed by atoms with Crippen molar-refractivity contribution in [1.82, 2.24) is 0 Å². The van der Waals surface area contributed by atoms with E-state index in [1.165, 1.54) is 6.07 Å². The van der Waals surface area contributed by atoms with Gasteiger partial charge in [0, 0.05) is 16.5 Å². The highest BCUT2D eigenvalue weighted by Crippen LogP contribution is 2.40. The smallest absolute Gasteiger partial charge is 0.148 e. The molecule has 0 radical (unpaired) electrons. The lowest BCUT2D eigenvalue weighted by Crippen LogP contribution is -2.19. The topological polar surface area (TPSA) is 15.6 Å². The third-order valence-corrected chi connectivity index (χ3v) is 5.05. The molecule has 1 aliphatic rings. The molecule has 0 fully saturated rings. The standard InChI is InChI=1S/C21H15Cl2FN2/c22-15-11-9-14(10-12-15)19-13-21(16-5-1-2-6-17(16)23)26(25-19)20-8-4-3-7-18(20)24/h1-12,21H,13H2/t21-/m0/s1. The second-order valence-electron chi connectivity index (χ2n) is 6.09. The van der Waals surface area contributed by atoms with Crippen LogP contribution in [0.5, 0.6) is 0 Å². The lowest BCUT2D eigenvalue weighted by Gasteiger charge is -2.25. The van der Waals surface area contributed by atoms with Gasteiger partial charge in [-0.15, -0.1) is 0 Å². The normalized spacial score (nSPS) is 16.7. The van der Waals surface area contributed by atoms with E-state index >= 15 is 0 Å². The van der Waals surface area contributed by atoms with Gasteiger partial charge in [0.05, 0.1) is 17.4 Å². The molecule has 0 amide bonds. The summed E-state index contributed by atoms with van der Waals surface area (Å²) >= 11 is 12.4. The van der Waals surface area contributed by atoms with Gasteiger partial charge < -0.3 is 0 Å². The predicted octanol–water partition coefficient (Wildman–Crippen LogP) is 6.49. The van der Waals surface area contributed by atoms with Gasteiger partial charge in [-0.3, -0.25) is 5.01 Å². The van der Waals surface area contributed by atoms with Crippen LogP contribution in [-0.4, -0.2) is 5.71 Å². The summed E-state index contributed by atoms with van der Waals surface area (Å²) in [4.78, 5) is 0. The van der Waals surface area contributed by atoms with Crippen molar-refractivity contribution in [2.75, 3.05) is 5.01 Å². The van der Waals surface area contributed by atoms with Crippen molar-refractivity contribution in [3.63, 3.8) is 0 Å². The van der Waals surface area contributed by atoms with E-state index in [0.717, 1.165) is 16.8 Å². The first-order chi connectivity index (χ1) is 12.6. The zero-order chi connectivity index (χ0) is 18.1. The van der Waals surface area contributed by atoms with Crippen molar-refractivity contribution in [2.45, 2.75) is 12.5 Å². The van der Waals surface area contributed by atoms with Gasteiger partial charge in [0.25, 0.3) is 0 Å². The number of para-hydroxylation sites is 1. The minimum atomic E-state index is -0.314. The number of rotatable bonds is 3. The molecule has 1 aliphatic heterocycles. The number of halogens is 3. The average Bonchev–Trinajstić information content (AvgIpc) is 3.08. The van der Waals surface area contributed by atoms with Crippen LogP contribution in [0.25, 0.3) is 0 Å². The largest absolute Gasteiger partial charge is 0.254 e. The second kappa shape index (κ2) is 7.10. The van der Waals surface area contributed by atoms with Gasteiger partial charge in [-0.25, -0.2) is 4.39 Å². The van der Waals surface area contributed by atoms with Crippen molar-refractivity contribution in [3.8, 4) is 0 Å². The lowest BCUT2D eigenvalue weighted by molar-refractivity contribution is 0.606. The summed E-state index contributed by atoms with van der Waals surface area (Å²) in [5, 5.41) is 7.76. The summed E-state index contributed by atoms with van der Waals surface area (Å²) in [6, 6.07) is 21.6. The van der Waals surface area contributed by atoms with Gasteiger partial charge in [0.2, 0.25) is 0 Å². The summed E-state index contributed by atoms with van der Waals surface area (Å²) in [7, 11) is 0. The fourth-order valence-electron chi connectivity index (χ4n) is 3.17. The van der Waals surface area contributed by atoms with Crippen LogP contribution in [-0.2, 0) is 0 Å². The lowest BCUT2D eigenvalue weighted by atomic mass is 9.98. The molecule has 0 unspecified atom stereocenters. The Labute approximate surface area is 161 Å². The first-order valence-electron chi connectivity index (χ1n) is 8.25. The Bertz CT molecular complexity index is 970.